The summed E-state index contributed by atoms with van der Waals surface area (Å²) >= 11 is 5.94. The minimum Gasteiger partial charge on any atom is -0.478 e. The fourth-order valence-electron chi connectivity index (χ4n) is 1.97. The van der Waals surface area contributed by atoms with Gasteiger partial charge in [0.25, 0.3) is 0 Å². The molecular formula is C16H16ClNO2. The summed E-state index contributed by atoms with van der Waals surface area (Å²) in [5, 5.41) is 12.4. The Balaban J connectivity index is 2.01. The van der Waals surface area contributed by atoms with E-state index < -0.39 is 5.97 Å². The Morgan fingerprint density at radius 2 is 1.95 bits per heavy atom. The molecule has 0 aliphatic heterocycles. The fraction of sp³-hybridized carbons (Fsp3) is 0.188. The van der Waals surface area contributed by atoms with Crippen LogP contribution in [0.5, 0.6) is 0 Å². The summed E-state index contributed by atoms with van der Waals surface area (Å²) < 4.78 is 0. The van der Waals surface area contributed by atoms with Gasteiger partial charge in [-0.15, -0.1) is 0 Å². The lowest BCUT2D eigenvalue weighted by Crippen LogP contribution is -2.10. The molecule has 1 atom stereocenters. The number of hydrogen-bond acceptors (Lipinski definition) is 2. The maximum absolute atomic E-state index is 10.9. The molecule has 2 aromatic rings. The summed E-state index contributed by atoms with van der Waals surface area (Å²) in [6.07, 6.45) is 0. The average molecular weight is 290 g/mol. The van der Waals surface area contributed by atoms with E-state index >= 15 is 0 Å². The van der Waals surface area contributed by atoms with Crippen LogP contribution in [-0.2, 0) is 0 Å². The summed E-state index contributed by atoms with van der Waals surface area (Å²) in [4.78, 5) is 10.9. The van der Waals surface area contributed by atoms with Crippen LogP contribution < -0.4 is 5.32 Å². The molecule has 0 saturated heterocycles. The molecule has 20 heavy (non-hydrogen) atoms. The molecule has 0 aromatic heterocycles. The lowest BCUT2D eigenvalue weighted by atomic mass is 10.0. The Morgan fingerprint density at radius 3 is 2.55 bits per heavy atom. The first-order valence-electron chi connectivity index (χ1n) is 6.39. The standard InChI is InChI=1S/C16H16ClNO2/c1-11(12-5-3-2-4-6-12)10-18-13-7-8-14(16(19)20)15(17)9-13/h2-9,11,18H,10H2,1H3,(H,19,20). The van der Waals surface area contributed by atoms with E-state index in [1.165, 1.54) is 11.6 Å². The molecule has 1 unspecified atom stereocenters. The normalized spacial score (nSPS) is 11.9. The van der Waals surface area contributed by atoms with Crippen LogP contribution in [0.2, 0.25) is 5.02 Å². The number of carboxylic acids is 1. The lowest BCUT2D eigenvalue weighted by molar-refractivity contribution is 0.0697. The molecule has 0 fully saturated rings. The largest absolute Gasteiger partial charge is 0.478 e. The minimum absolute atomic E-state index is 0.119. The fourth-order valence-corrected chi connectivity index (χ4v) is 2.23. The SMILES string of the molecule is CC(CNc1ccc(C(=O)O)c(Cl)c1)c1ccccc1. The highest BCUT2D eigenvalue weighted by Gasteiger charge is 2.09. The van der Waals surface area contributed by atoms with Gasteiger partial charge >= 0.3 is 5.97 Å². The predicted molar refractivity (Wildman–Crippen MR) is 81.8 cm³/mol. The smallest absolute Gasteiger partial charge is 0.337 e. The van der Waals surface area contributed by atoms with Crippen molar-refractivity contribution < 1.29 is 9.90 Å². The summed E-state index contributed by atoms with van der Waals surface area (Å²) in [6, 6.07) is 15.1. The number of hydrogen-bond donors (Lipinski definition) is 2. The van der Waals surface area contributed by atoms with Crippen molar-refractivity contribution in [2.45, 2.75) is 12.8 Å². The van der Waals surface area contributed by atoms with Gasteiger partial charge in [-0.1, -0.05) is 48.9 Å². The van der Waals surface area contributed by atoms with Crippen molar-refractivity contribution in [1.82, 2.24) is 0 Å². The topological polar surface area (TPSA) is 49.3 Å². The minimum atomic E-state index is -1.01. The second-order valence-electron chi connectivity index (χ2n) is 4.69. The Labute approximate surface area is 123 Å². The Hall–Kier alpha value is -2.00. The first-order chi connectivity index (χ1) is 9.58. The number of benzene rings is 2. The van der Waals surface area contributed by atoms with Crippen LogP contribution >= 0.6 is 11.6 Å². The van der Waals surface area contributed by atoms with Crippen molar-refractivity contribution in [2.75, 3.05) is 11.9 Å². The molecule has 2 aromatic carbocycles. The average Bonchev–Trinajstić information content (AvgIpc) is 2.45. The van der Waals surface area contributed by atoms with E-state index in [4.69, 9.17) is 16.7 Å². The van der Waals surface area contributed by atoms with Gasteiger partial charge in [0.1, 0.15) is 0 Å². The molecule has 2 N–H and O–H groups in total. The first kappa shape index (κ1) is 14.4. The van der Waals surface area contributed by atoms with Crippen LogP contribution in [0.15, 0.2) is 48.5 Å². The highest BCUT2D eigenvalue weighted by molar-refractivity contribution is 6.33. The van der Waals surface area contributed by atoms with E-state index in [0.717, 1.165) is 12.2 Å². The summed E-state index contributed by atoms with van der Waals surface area (Å²) in [5.41, 5.74) is 2.20. The van der Waals surface area contributed by atoms with Gasteiger partial charge in [0, 0.05) is 12.2 Å². The van der Waals surface area contributed by atoms with Crippen LogP contribution in [0.25, 0.3) is 0 Å². The molecule has 0 amide bonds. The molecule has 0 spiro atoms. The molecule has 104 valence electrons. The van der Waals surface area contributed by atoms with Gasteiger partial charge in [-0.3, -0.25) is 0 Å². The predicted octanol–water partition coefficient (Wildman–Crippen LogP) is 4.25. The van der Waals surface area contributed by atoms with Crippen molar-refractivity contribution in [3.8, 4) is 0 Å². The van der Waals surface area contributed by atoms with Crippen LogP contribution in [0, 0.1) is 0 Å². The highest BCUT2D eigenvalue weighted by Crippen LogP contribution is 2.22. The molecule has 0 aliphatic carbocycles. The van der Waals surface area contributed by atoms with Gasteiger partial charge in [0.05, 0.1) is 10.6 Å². The monoisotopic (exact) mass is 289 g/mol. The van der Waals surface area contributed by atoms with E-state index in [9.17, 15) is 4.79 Å². The number of halogens is 1. The second-order valence-corrected chi connectivity index (χ2v) is 5.10. The van der Waals surface area contributed by atoms with Gasteiger partial charge in [-0.05, 0) is 29.7 Å². The van der Waals surface area contributed by atoms with E-state index in [1.54, 1.807) is 12.1 Å². The maximum Gasteiger partial charge on any atom is 0.337 e. The van der Waals surface area contributed by atoms with E-state index in [2.05, 4.69) is 24.4 Å². The van der Waals surface area contributed by atoms with Gasteiger partial charge in [0.2, 0.25) is 0 Å². The number of rotatable bonds is 5. The van der Waals surface area contributed by atoms with Crippen molar-refractivity contribution in [1.29, 1.82) is 0 Å². The van der Waals surface area contributed by atoms with Gasteiger partial charge in [-0.25, -0.2) is 4.79 Å². The van der Waals surface area contributed by atoms with Crippen molar-refractivity contribution >= 4 is 23.3 Å². The van der Waals surface area contributed by atoms with Crippen LogP contribution in [0.3, 0.4) is 0 Å². The summed E-state index contributed by atoms with van der Waals surface area (Å²) in [7, 11) is 0. The second kappa shape index (κ2) is 6.44. The molecule has 4 heteroatoms. The maximum atomic E-state index is 10.9. The zero-order valence-electron chi connectivity index (χ0n) is 11.1. The molecule has 3 nitrogen and oxygen atoms in total. The first-order valence-corrected chi connectivity index (χ1v) is 6.77. The third kappa shape index (κ3) is 3.52. The zero-order valence-corrected chi connectivity index (χ0v) is 11.9. The number of carboxylic acid groups (broad SMARTS) is 1. The zero-order chi connectivity index (χ0) is 14.5. The molecule has 0 radical (unpaired) electrons. The van der Waals surface area contributed by atoms with Gasteiger partial charge in [-0.2, -0.15) is 0 Å². The Morgan fingerprint density at radius 1 is 1.25 bits per heavy atom. The van der Waals surface area contributed by atoms with Gasteiger partial charge < -0.3 is 10.4 Å². The molecule has 0 saturated carbocycles. The van der Waals surface area contributed by atoms with Crippen molar-refractivity contribution in [2.24, 2.45) is 0 Å². The molecule has 0 heterocycles. The summed E-state index contributed by atoms with van der Waals surface area (Å²) in [5.74, 6) is -0.659. The third-order valence-electron chi connectivity index (χ3n) is 3.18. The van der Waals surface area contributed by atoms with Crippen LogP contribution in [-0.4, -0.2) is 17.6 Å². The van der Waals surface area contributed by atoms with E-state index in [0.29, 0.717) is 5.92 Å². The molecule has 2 rings (SSSR count). The number of aromatic carboxylic acids is 1. The quantitative estimate of drug-likeness (QED) is 0.865. The summed E-state index contributed by atoms with van der Waals surface area (Å²) in [6.45, 7) is 2.89. The Kier molecular flexibility index (Phi) is 4.64. The van der Waals surface area contributed by atoms with Crippen LogP contribution in [0.4, 0.5) is 5.69 Å². The molecule has 0 bridgehead atoms. The van der Waals surface area contributed by atoms with Gasteiger partial charge in [0.15, 0.2) is 0 Å². The molecule has 0 aliphatic rings. The van der Waals surface area contributed by atoms with Crippen molar-refractivity contribution in [3.05, 3.63) is 64.7 Å². The number of anilines is 1. The third-order valence-corrected chi connectivity index (χ3v) is 3.49. The van der Waals surface area contributed by atoms with Crippen LogP contribution in [0.1, 0.15) is 28.8 Å². The molecular weight excluding hydrogens is 274 g/mol. The highest BCUT2D eigenvalue weighted by atomic mass is 35.5. The lowest BCUT2D eigenvalue weighted by Gasteiger charge is -2.14. The number of nitrogens with one attached hydrogen (secondary N) is 1. The van der Waals surface area contributed by atoms with E-state index in [1.807, 2.05) is 18.2 Å². The van der Waals surface area contributed by atoms with Crippen molar-refractivity contribution in [3.63, 3.8) is 0 Å². The number of carbonyl (C=O) groups is 1. The van der Waals surface area contributed by atoms with E-state index in [-0.39, 0.29) is 10.6 Å². The Bertz CT molecular complexity index is 599.